The normalized spacial score (nSPS) is 15.3. The van der Waals surface area contributed by atoms with Crippen molar-refractivity contribution in [2.45, 2.75) is 25.6 Å². The fourth-order valence-corrected chi connectivity index (χ4v) is 1.38. The quantitative estimate of drug-likeness (QED) is 0.769. The fraction of sp³-hybridized carbons (Fsp3) is 0.455. The van der Waals surface area contributed by atoms with Crippen molar-refractivity contribution in [3.05, 3.63) is 35.9 Å². The molecule has 1 aromatic carbocycles. The molecule has 0 aliphatic heterocycles. The molecule has 0 bridgehead atoms. The average Bonchev–Trinajstić information content (AvgIpc) is 2.21. The van der Waals surface area contributed by atoms with Crippen molar-refractivity contribution < 1.29 is 9.84 Å². The van der Waals surface area contributed by atoms with E-state index in [0.717, 1.165) is 12.0 Å². The van der Waals surface area contributed by atoms with Crippen molar-refractivity contribution in [3.63, 3.8) is 0 Å². The SMILES string of the molecule is CCC(OC)C(O)c1ccccc1. The minimum Gasteiger partial charge on any atom is -0.386 e. The van der Waals surface area contributed by atoms with Crippen LogP contribution in [0.2, 0.25) is 0 Å². The lowest BCUT2D eigenvalue weighted by Crippen LogP contribution is -2.19. The Morgan fingerprint density at radius 3 is 2.38 bits per heavy atom. The van der Waals surface area contributed by atoms with Gasteiger partial charge in [-0.25, -0.2) is 0 Å². The van der Waals surface area contributed by atoms with Gasteiger partial charge < -0.3 is 9.84 Å². The van der Waals surface area contributed by atoms with Gasteiger partial charge in [0.05, 0.1) is 6.10 Å². The molecule has 1 rings (SSSR count). The highest BCUT2D eigenvalue weighted by Gasteiger charge is 2.17. The van der Waals surface area contributed by atoms with Crippen molar-refractivity contribution in [1.82, 2.24) is 0 Å². The van der Waals surface area contributed by atoms with Crippen LogP contribution < -0.4 is 0 Å². The molecule has 2 nitrogen and oxygen atoms in total. The Kier molecular flexibility index (Phi) is 3.93. The van der Waals surface area contributed by atoms with Crippen LogP contribution in [0.25, 0.3) is 0 Å². The van der Waals surface area contributed by atoms with E-state index in [1.807, 2.05) is 37.3 Å². The van der Waals surface area contributed by atoms with E-state index in [0.29, 0.717) is 0 Å². The van der Waals surface area contributed by atoms with Crippen molar-refractivity contribution in [3.8, 4) is 0 Å². The summed E-state index contributed by atoms with van der Waals surface area (Å²) in [7, 11) is 1.63. The van der Waals surface area contributed by atoms with Gasteiger partial charge in [-0.05, 0) is 12.0 Å². The van der Waals surface area contributed by atoms with Gasteiger partial charge in [0.25, 0.3) is 0 Å². The first-order valence-electron chi connectivity index (χ1n) is 4.55. The highest BCUT2D eigenvalue weighted by Crippen LogP contribution is 2.20. The summed E-state index contributed by atoms with van der Waals surface area (Å²) < 4.78 is 5.17. The molecule has 0 radical (unpaired) electrons. The van der Waals surface area contributed by atoms with E-state index in [2.05, 4.69) is 0 Å². The minimum atomic E-state index is -0.517. The van der Waals surface area contributed by atoms with Gasteiger partial charge in [0.15, 0.2) is 0 Å². The van der Waals surface area contributed by atoms with E-state index >= 15 is 0 Å². The maximum absolute atomic E-state index is 9.86. The second kappa shape index (κ2) is 5.00. The van der Waals surface area contributed by atoms with E-state index in [1.54, 1.807) is 7.11 Å². The van der Waals surface area contributed by atoms with Crippen LogP contribution in [0.15, 0.2) is 30.3 Å². The zero-order valence-electron chi connectivity index (χ0n) is 8.10. The van der Waals surface area contributed by atoms with Gasteiger partial charge in [0.2, 0.25) is 0 Å². The fourth-order valence-electron chi connectivity index (χ4n) is 1.38. The van der Waals surface area contributed by atoms with E-state index in [9.17, 15) is 5.11 Å². The monoisotopic (exact) mass is 180 g/mol. The molecule has 0 aliphatic carbocycles. The highest BCUT2D eigenvalue weighted by molar-refractivity contribution is 5.18. The maximum Gasteiger partial charge on any atom is 0.105 e. The van der Waals surface area contributed by atoms with Crippen LogP contribution in [0.1, 0.15) is 25.0 Å². The molecule has 1 N–H and O–H groups in total. The Hall–Kier alpha value is -0.860. The lowest BCUT2D eigenvalue weighted by molar-refractivity contribution is -0.0148. The summed E-state index contributed by atoms with van der Waals surface area (Å²) in [5.74, 6) is 0. The van der Waals surface area contributed by atoms with Crippen molar-refractivity contribution in [1.29, 1.82) is 0 Å². The predicted octanol–water partition coefficient (Wildman–Crippen LogP) is 2.15. The van der Waals surface area contributed by atoms with Gasteiger partial charge in [-0.1, -0.05) is 37.3 Å². The zero-order valence-corrected chi connectivity index (χ0v) is 8.10. The van der Waals surface area contributed by atoms with Crippen LogP contribution in [-0.2, 0) is 4.74 Å². The number of benzene rings is 1. The molecule has 0 amide bonds. The van der Waals surface area contributed by atoms with E-state index < -0.39 is 6.10 Å². The largest absolute Gasteiger partial charge is 0.386 e. The Bertz CT molecular complexity index is 229. The Morgan fingerprint density at radius 2 is 1.92 bits per heavy atom. The van der Waals surface area contributed by atoms with E-state index in [4.69, 9.17) is 4.74 Å². The first kappa shape index (κ1) is 10.2. The molecule has 0 saturated heterocycles. The average molecular weight is 180 g/mol. The molecule has 72 valence electrons. The van der Waals surface area contributed by atoms with Crippen molar-refractivity contribution in [2.24, 2.45) is 0 Å². The van der Waals surface area contributed by atoms with E-state index in [1.165, 1.54) is 0 Å². The van der Waals surface area contributed by atoms with Crippen molar-refractivity contribution >= 4 is 0 Å². The summed E-state index contributed by atoms with van der Waals surface area (Å²) in [6.45, 7) is 2.00. The number of methoxy groups -OCH3 is 1. The van der Waals surface area contributed by atoms with Crippen LogP contribution in [0.5, 0.6) is 0 Å². The standard InChI is InChI=1S/C11H16O2/c1-3-10(13-2)11(12)9-7-5-4-6-8-9/h4-8,10-12H,3H2,1-2H3. The molecule has 2 heteroatoms. The van der Waals surface area contributed by atoms with Gasteiger partial charge in [-0.3, -0.25) is 0 Å². The maximum atomic E-state index is 9.86. The summed E-state index contributed by atoms with van der Waals surface area (Å²) in [5.41, 5.74) is 0.913. The predicted molar refractivity (Wildman–Crippen MR) is 52.5 cm³/mol. The highest BCUT2D eigenvalue weighted by atomic mass is 16.5. The van der Waals surface area contributed by atoms with Gasteiger partial charge in [-0.15, -0.1) is 0 Å². The lowest BCUT2D eigenvalue weighted by atomic mass is 10.0. The minimum absolute atomic E-state index is 0.109. The van der Waals surface area contributed by atoms with Crippen LogP contribution in [0, 0.1) is 0 Å². The van der Waals surface area contributed by atoms with Gasteiger partial charge in [0, 0.05) is 7.11 Å². The molecule has 0 saturated carbocycles. The first-order chi connectivity index (χ1) is 6.29. The molecule has 13 heavy (non-hydrogen) atoms. The molecule has 0 aromatic heterocycles. The molecular formula is C11H16O2. The van der Waals surface area contributed by atoms with Crippen molar-refractivity contribution in [2.75, 3.05) is 7.11 Å². The Labute approximate surface area is 79.2 Å². The van der Waals surface area contributed by atoms with Crippen LogP contribution in [0.4, 0.5) is 0 Å². The molecule has 2 atom stereocenters. The topological polar surface area (TPSA) is 29.5 Å². The first-order valence-corrected chi connectivity index (χ1v) is 4.55. The van der Waals surface area contributed by atoms with Gasteiger partial charge in [0.1, 0.15) is 6.10 Å². The number of aliphatic hydroxyl groups is 1. The third kappa shape index (κ3) is 2.54. The Morgan fingerprint density at radius 1 is 1.31 bits per heavy atom. The molecular weight excluding hydrogens is 164 g/mol. The zero-order chi connectivity index (χ0) is 9.68. The molecule has 0 heterocycles. The summed E-state index contributed by atoms with van der Waals surface area (Å²) in [4.78, 5) is 0. The third-order valence-electron chi connectivity index (χ3n) is 2.20. The van der Waals surface area contributed by atoms with Gasteiger partial charge in [-0.2, -0.15) is 0 Å². The molecule has 1 aromatic rings. The third-order valence-corrected chi connectivity index (χ3v) is 2.20. The molecule has 0 spiro atoms. The molecule has 0 aliphatic rings. The second-order valence-electron chi connectivity index (χ2n) is 3.04. The number of aliphatic hydroxyl groups excluding tert-OH is 1. The second-order valence-corrected chi connectivity index (χ2v) is 3.04. The summed E-state index contributed by atoms with van der Waals surface area (Å²) in [5, 5.41) is 9.86. The summed E-state index contributed by atoms with van der Waals surface area (Å²) in [6, 6.07) is 9.59. The van der Waals surface area contributed by atoms with Crippen LogP contribution >= 0.6 is 0 Å². The number of hydrogen-bond acceptors (Lipinski definition) is 2. The summed E-state index contributed by atoms with van der Waals surface area (Å²) >= 11 is 0. The molecule has 2 unspecified atom stereocenters. The van der Waals surface area contributed by atoms with Gasteiger partial charge >= 0.3 is 0 Å². The smallest absolute Gasteiger partial charge is 0.105 e. The van der Waals surface area contributed by atoms with Crippen LogP contribution in [-0.4, -0.2) is 18.3 Å². The summed E-state index contributed by atoms with van der Waals surface area (Å²) in [6.07, 6.45) is 0.186. The van der Waals surface area contributed by atoms with E-state index in [-0.39, 0.29) is 6.10 Å². The molecule has 0 fully saturated rings. The lowest BCUT2D eigenvalue weighted by Gasteiger charge is -2.20. The number of hydrogen-bond donors (Lipinski definition) is 1. The number of rotatable bonds is 4. The number of ether oxygens (including phenoxy) is 1. The van der Waals surface area contributed by atoms with Crippen LogP contribution in [0.3, 0.4) is 0 Å². The Balaban J connectivity index is 2.72.